The lowest BCUT2D eigenvalue weighted by Gasteiger charge is -2.35. The average Bonchev–Trinajstić information content (AvgIpc) is 3.11. The number of hydrogen-bond donors (Lipinski definition) is 1. The number of carbonyl (C=O) groups is 3. The molecule has 276 valence electrons. The number of piperazine rings is 2. The molecule has 0 aliphatic carbocycles. The highest BCUT2D eigenvalue weighted by Crippen LogP contribution is 2.28. The fraction of sp³-hybridized carbons (Fsp3) is 0.553. The number of aromatic nitrogens is 2. The Hall–Kier alpha value is -4.20. The molecule has 13 heteroatoms. The van der Waals surface area contributed by atoms with Crippen molar-refractivity contribution in [3.05, 3.63) is 71.6 Å². The topological polar surface area (TPSA) is 129 Å². The molecule has 12 nitrogen and oxygen atoms in total. The molecule has 0 unspecified atom stereocenters. The number of likely N-dealkylation sites (N-methyl/N-ethyl adjacent to an activating group) is 1. The van der Waals surface area contributed by atoms with Crippen LogP contribution in [0.1, 0.15) is 56.1 Å². The van der Waals surface area contributed by atoms with E-state index in [1.807, 2.05) is 52.1 Å². The third-order valence-corrected chi connectivity index (χ3v) is 9.96. The normalized spacial score (nSPS) is 26.8. The first-order chi connectivity index (χ1) is 24.4. The van der Waals surface area contributed by atoms with Gasteiger partial charge in [0.2, 0.25) is 0 Å². The number of carbonyl (C=O) groups excluding carboxylic acids is 3. The highest BCUT2D eigenvalue weighted by Gasteiger charge is 2.29. The molecule has 0 radical (unpaired) electrons. The summed E-state index contributed by atoms with van der Waals surface area (Å²) in [4.78, 5) is 54.8. The van der Waals surface area contributed by atoms with Crippen molar-refractivity contribution in [1.29, 1.82) is 0 Å². The van der Waals surface area contributed by atoms with Gasteiger partial charge in [-0.1, -0.05) is 26.0 Å². The molecule has 5 atom stereocenters. The Labute approximate surface area is 299 Å². The van der Waals surface area contributed by atoms with E-state index >= 15 is 4.39 Å². The van der Waals surface area contributed by atoms with Gasteiger partial charge < -0.3 is 29.3 Å². The van der Waals surface area contributed by atoms with E-state index in [0.717, 1.165) is 18.8 Å². The lowest BCUT2D eigenvalue weighted by atomic mass is 9.91. The van der Waals surface area contributed by atoms with Gasteiger partial charge in [0.25, 0.3) is 0 Å². The van der Waals surface area contributed by atoms with Gasteiger partial charge in [0.15, 0.2) is 5.78 Å². The van der Waals surface area contributed by atoms with Crippen LogP contribution >= 0.6 is 0 Å². The molecule has 2 fully saturated rings. The number of nitrogens with zero attached hydrogens (tertiary/aromatic N) is 6. The van der Waals surface area contributed by atoms with E-state index in [0.29, 0.717) is 68.9 Å². The van der Waals surface area contributed by atoms with Gasteiger partial charge in [-0.05, 0) is 68.1 Å². The lowest BCUT2D eigenvalue weighted by molar-refractivity contribution is -0.151. The largest absolute Gasteiger partial charge is 0.457 e. The number of halogens is 1. The van der Waals surface area contributed by atoms with Crippen LogP contribution in [0.5, 0.6) is 0 Å². The monoisotopic (exact) mass is 706 g/mol. The molecule has 0 saturated carbocycles. The molecule has 3 aliphatic rings. The van der Waals surface area contributed by atoms with Crippen LogP contribution in [0, 0.1) is 17.7 Å². The van der Waals surface area contributed by atoms with Crippen molar-refractivity contribution in [3.8, 4) is 0 Å². The van der Waals surface area contributed by atoms with Crippen LogP contribution in [0.15, 0.2) is 54.5 Å². The van der Waals surface area contributed by atoms with Crippen LogP contribution < -0.4 is 4.90 Å². The van der Waals surface area contributed by atoms with Crippen molar-refractivity contribution in [2.45, 2.75) is 58.3 Å². The molecule has 1 aromatic heterocycles. The Morgan fingerprint density at radius 3 is 2.47 bits per heavy atom. The van der Waals surface area contributed by atoms with E-state index in [2.05, 4.69) is 24.7 Å². The summed E-state index contributed by atoms with van der Waals surface area (Å²) < 4.78 is 27.0. The molecule has 0 spiro atoms. The number of rotatable bonds is 7. The smallest absolute Gasteiger partial charge is 0.410 e. The molecule has 5 rings (SSSR count). The van der Waals surface area contributed by atoms with E-state index in [-0.39, 0.29) is 36.7 Å². The minimum absolute atomic E-state index is 0.0868. The Morgan fingerprint density at radius 1 is 1.02 bits per heavy atom. The minimum atomic E-state index is -0.894. The number of aliphatic hydroxyl groups excluding tert-OH is 1. The van der Waals surface area contributed by atoms with Crippen LogP contribution in [-0.2, 0) is 14.3 Å². The van der Waals surface area contributed by atoms with E-state index in [1.165, 1.54) is 30.7 Å². The lowest BCUT2D eigenvalue weighted by Crippen LogP contribution is -2.48. The standard InChI is InChI=1S/C38H51FN6O6/c1-26-5-7-32(46)23-36(48)51-37(27(2)6-8-35(26)50-38(49)45-15-11-42(4)12-16-45)28(3)19-29-20-30(39)22-31(21-29)44-17-13-43(14-18-44)25-34(47)33-24-40-9-10-41-33/h6,8-10,19-22,24,26-27,32,35,37,46H,5,7,11-18,23,25H2,1-4H3/b8-6+,28-19+/t26-,27-,32+,35+,37-/m0/s1. The number of hydrogen-bond acceptors (Lipinski definition) is 11. The molecule has 1 N–H and O–H groups in total. The number of ketones is 1. The van der Waals surface area contributed by atoms with Gasteiger partial charge >= 0.3 is 12.1 Å². The Morgan fingerprint density at radius 2 is 1.76 bits per heavy atom. The van der Waals surface area contributed by atoms with Gasteiger partial charge in [0, 0.05) is 76.4 Å². The van der Waals surface area contributed by atoms with Gasteiger partial charge in [-0.3, -0.25) is 19.5 Å². The van der Waals surface area contributed by atoms with Crippen molar-refractivity contribution >= 4 is 29.6 Å². The van der Waals surface area contributed by atoms with Crippen LogP contribution in [0.25, 0.3) is 6.08 Å². The SMILES string of the molecule is C/C(=C\c1cc(F)cc(N2CCN(CC(=O)c3cnccn3)CC2)c1)[C@H]1OC(=O)C[C@H](O)CC[C@H](C)[C@H](OC(=O)N2CCN(C)CC2)/C=C/[C@@H]1C. The zero-order valence-electron chi connectivity index (χ0n) is 30.1. The Kier molecular flexibility index (Phi) is 13.3. The molecule has 1 amide bonds. The number of amides is 1. The predicted molar refractivity (Wildman–Crippen MR) is 192 cm³/mol. The summed E-state index contributed by atoms with van der Waals surface area (Å²) in [6.45, 7) is 11.2. The summed E-state index contributed by atoms with van der Waals surface area (Å²) in [5, 5.41) is 10.7. The van der Waals surface area contributed by atoms with Crippen molar-refractivity contribution in [3.63, 3.8) is 0 Å². The molecule has 1 aromatic carbocycles. The fourth-order valence-electron chi connectivity index (χ4n) is 6.73. The molecular weight excluding hydrogens is 655 g/mol. The molecule has 2 saturated heterocycles. The third-order valence-electron chi connectivity index (χ3n) is 9.96. The van der Waals surface area contributed by atoms with Crippen LogP contribution in [0.2, 0.25) is 0 Å². The van der Waals surface area contributed by atoms with Crippen molar-refractivity contribution in [2.75, 3.05) is 70.9 Å². The summed E-state index contributed by atoms with van der Waals surface area (Å²) in [5.41, 5.74) is 2.38. The highest BCUT2D eigenvalue weighted by molar-refractivity contribution is 5.95. The maximum Gasteiger partial charge on any atom is 0.410 e. The molecule has 51 heavy (non-hydrogen) atoms. The zero-order valence-corrected chi connectivity index (χ0v) is 30.1. The van der Waals surface area contributed by atoms with Gasteiger partial charge in [-0.25, -0.2) is 14.2 Å². The second kappa shape index (κ2) is 17.8. The zero-order chi connectivity index (χ0) is 36.5. The highest BCUT2D eigenvalue weighted by atomic mass is 19.1. The first kappa shape index (κ1) is 38.0. The quantitative estimate of drug-likeness (QED) is 0.254. The van der Waals surface area contributed by atoms with Crippen molar-refractivity contribution < 1.29 is 33.4 Å². The first-order valence-corrected chi connectivity index (χ1v) is 17.9. The molecule has 4 heterocycles. The number of aliphatic hydroxyl groups is 1. The molecular formula is C38H51FN6O6. The number of esters is 1. The van der Waals surface area contributed by atoms with E-state index in [1.54, 1.807) is 4.90 Å². The van der Waals surface area contributed by atoms with Crippen LogP contribution in [-0.4, -0.2) is 132 Å². The van der Waals surface area contributed by atoms with Gasteiger partial charge in [-0.15, -0.1) is 0 Å². The van der Waals surface area contributed by atoms with E-state index < -0.39 is 30.1 Å². The molecule has 3 aliphatic heterocycles. The van der Waals surface area contributed by atoms with Crippen LogP contribution in [0.4, 0.5) is 14.9 Å². The average molecular weight is 707 g/mol. The van der Waals surface area contributed by atoms with Crippen molar-refractivity contribution in [1.82, 2.24) is 24.7 Å². The molecule has 0 bridgehead atoms. The Balaban J connectivity index is 1.29. The summed E-state index contributed by atoms with van der Waals surface area (Å²) in [5.74, 6) is -1.39. The van der Waals surface area contributed by atoms with Gasteiger partial charge in [0.1, 0.15) is 23.7 Å². The van der Waals surface area contributed by atoms with E-state index in [9.17, 15) is 19.5 Å². The minimum Gasteiger partial charge on any atom is -0.457 e. The number of Topliss-reactive ketones (excluding diaryl/α,β-unsaturated/α-hetero) is 1. The van der Waals surface area contributed by atoms with Crippen LogP contribution in [0.3, 0.4) is 0 Å². The third kappa shape index (κ3) is 10.9. The predicted octanol–water partition coefficient (Wildman–Crippen LogP) is 4.06. The number of cyclic esters (lactones) is 1. The summed E-state index contributed by atoms with van der Waals surface area (Å²) in [6.07, 6.45) is 8.39. The maximum atomic E-state index is 15.0. The van der Waals surface area contributed by atoms with Crippen molar-refractivity contribution in [2.24, 2.45) is 11.8 Å². The fourth-order valence-corrected chi connectivity index (χ4v) is 6.73. The summed E-state index contributed by atoms with van der Waals surface area (Å²) in [6, 6.07) is 4.85. The van der Waals surface area contributed by atoms with Gasteiger partial charge in [-0.2, -0.15) is 0 Å². The second-order valence-corrected chi connectivity index (χ2v) is 14.1. The summed E-state index contributed by atoms with van der Waals surface area (Å²) >= 11 is 0. The first-order valence-electron chi connectivity index (χ1n) is 17.9. The molecule has 2 aromatic rings. The second-order valence-electron chi connectivity index (χ2n) is 14.1. The number of benzene rings is 1. The Bertz CT molecular complexity index is 1560. The van der Waals surface area contributed by atoms with Gasteiger partial charge in [0.05, 0.1) is 25.3 Å². The van der Waals surface area contributed by atoms with E-state index in [4.69, 9.17) is 9.47 Å². The maximum absolute atomic E-state index is 15.0. The number of anilines is 1. The number of ether oxygens (including phenoxy) is 2. The summed E-state index contributed by atoms with van der Waals surface area (Å²) in [7, 11) is 2.03.